The van der Waals surface area contributed by atoms with Gasteiger partial charge in [0.2, 0.25) is 0 Å². The second-order valence-corrected chi connectivity index (χ2v) is 4.58. The molecule has 0 unspecified atom stereocenters. The molecule has 0 saturated carbocycles. The number of halogens is 1. The molecule has 0 aliphatic carbocycles. The number of aliphatic hydroxyl groups excluding tert-OH is 1. The highest BCUT2D eigenvalue weighted by atomic mass is 35.5. The lowest BCUT2D eigenvalue weighted by molar-refractivity contribution is 0.282. The fourth-order valence-corrected chi connectivity index (χ4v) is 2.17. The zero-order chi connectivity index (χ0) is 13.0. The first-order chi connectivity index (χ1) is 8.77. The van der Waals surface area contributed by atoms with Crippen LogP contribution in [0, 0.1) is 0 Å². The number of aromatic nitrogens is 2. The van der Waals surface area contributed by atoms with Crippen LogP contribution in [-0.4, -0.2) is 14.9 Å². The summed E-state index contributed by atoms with van der Waals surface area (Å²) in [7, 11) is 0. The molecule has 1 heterocycles. The van der Waals surface area contributed by atoms with E-state index in [9.17, 15) is 5.11 Å². The molecule has 0 amide bonds. The molecule has 3 nitrogen and oxygen atoms in total. The van der Waals surface area contributed by atoms with Gasteiger partial charge < -0.3 is 5.11 Å². The molecule has 2 aromatic rings. The van der Waals surface area contributed by atoms with Crippen molar-refractivity contribution >= 4 is 11.6 Å². The maximum Gasteiger partial charge on any atom is 0.133 e. The van der Waals surface area contributed by atoms with Gasteiger partial charge in [-0.1, -0.05) is 55.3 Å². The third-order valence-corrected chi connectivity index (χ3v) is 3.33. The highest BCUT2D eigenvalue weighted by Crippen LogP contribution is 2.28. The highest BCUT2D eigenvalue weighted by Gasteiger charge is 2.16. The first-order valence-corrected chi connectivity index (χ1v) is 6.57. The zero-order valence-corrected chi connectivity index (χ0v) is 11.2. The number of nitrogens with zero attached hydrogens (tertiary/aromatic N) is 2. The van der Waals surface area contributed by atoms with Gasteiger partial charge in [0.15, 0.2) is 0 Å². The minimum absolute atomic E-state index is 0.0881. The lowest BCUT2D eigenvalue weighted by atomic mass is 10.1. The Hall–Kier alpha value is -1.32. The van der Waals surface area contributed by atoms with Crippen molar-refractivity contribution in [2.45, 2.75) is 32.9 Å². The second-order valence-electron chi connectivity index (χ2n) is 4.22. The van der Waals surface area contributed by atoms with Crippen LogP contribution >= 0.6 is 11.6 Å². The number of hydrogen-bond donors (Lipinski definition) is 1. The van der Waals surface area contributed by atoms with Crippen molar-refractivity contribution < 1.29 is 5.11 Å². The largest absolute Gasteiger partial charge is 0.391 e. The molecule has 1 aromatic carbocycles. The number of aryl methyl sites for hydroxylation is 1. The van der Waals surface area contributed by atoms with E-state index >= 15 is 0 Å². The number of unbranched alkanes of at least 4 members (excludes halogenated alkanes) is 1. The normalized spacial score (nSPS) is 10.8. The maximum absolute atomic E-state index is 9.46. The Labute approximate surface area is 112 Å². The highest BCUT2D eigenvalue weighted by molar-refractivity contribution is 6.30. The van der Waals surface area contributed by atoms with Gasteiger partial charge in [0.05, 0.1) is 12.3 Å². The quantitative estimate of drug-likeness (QED) is 0.898. The zero-order valence-electron chi connectivity index (χ0n) is 10.4. The lowest BCUT2D eigenvalue weighted by Crippen LogP contribution is -2.00. The molecule has 1 N–H and O–H groups in total. The summed E-state index contributed by atoms with van der Waals surface area (Å²) in [4.78, 5) is 0. The number of benzene rings is 1. The predicted molar refractivity (Wildman–Crippen MR) is 73.5 cm³/mol. The number of aliphatic hydroxyl groups is 1. The summed E-state index contributed by atoms with van der Waals surface area (Å²) in [6, 6.07) is 9.81. The Morgan fingerprint density at radius 2 is 2.00 bits per heavy atom. The molecular formula is C14H17ClN2O. The third-order valence-electron chi connectivity index (χ3n) is 2.91. The summed E-state index contributed by atoms with van der Waals surface area (Å²) < 4.78 is 1.78. The van der Waals surface area contributed by atoms with E-state index in [0.717, 1.165) is 30.6 Å². The van der Waals surface area contributed by atoms with Gasteiger partial charge in [0.1, 0.15) is 5.15 Å². The minimum Gasteiger partial charge on any atom is -0.391 e. The van der Waals surface area contributed by atoms with Crippen LogP contribution in [0.5, 0.6) is 0 Å². The van der Waals surface area contributed by atoms with Crippen molar-refractivity contribution in [1.82, 2.24) is 9.78 Å². The number of rotatable bonds is 5. The van der Waals surface area contributed by atoms with E-state index in [0.29, 0.717) is 10.7 Å². The summed E-state index contributed by atoms with van der Waals surface area (Å²) >= 11 is 6.26. The van der Waals surface area contributed by atoms with Crippen LogP contribution in [0.1, 0.15) is 25.3 Å². The molecule has 0 aliphatic rings. The first-order valence-electron chi connectivity index (χ1n) is 6.19. The molecule has 2 rings (SSSR count). The molecule has 4 heteroatoms. The first kappa shape index (κ1) is 13.1. The summed E-state index contributed by atoms with van der Waals surface area (Å²) in [5.74, 6) is 0. The molecule has 0 radical (unpaired) electrons. The van der Waals surface area contributed by atoms with E-state index in [1.54, 1.807) is 4.68 Å². The van der Waals surface area contributed by atoms with Gasteiger partial charge in [0, 0.05) is 17.7 Å². The maximum atomic E-state index is 9.46. The predicted octanol–water partition coefficient (Wildman–Crippen LogP) is 3.50. The van der Waals surface area contributed by atoms with Crippen LogP contribution < -0.4 is 0 Å². The molecule has 0 aliphatic heterocycles. The molecular weight excluding hydrogens is 248 g/mol. The van der Waals surface area contributed by atoms with Gasteiger partial charge in [-0.2, -0.15) is 5.10 Å². The lowest BCUT2D eigenvalue weighted by Gasteiger charge is -2.00. The van der Waals surface area contributed by atoms with Crippen LogP contribution in [0.3, 0.4) is 0 Å². The Morgan fingerprint density at radius 1 is 1.28 bits per heavy atom. The summed E-state index contributed by atoms with van der Waals surface area (Å²) in [5.41, 5.74) is 2.47. The van der Waals surface area contributed by atoms with E-state index in [-0.39, 0.29) is 6.61 Å². The average molecular weight is 265 g/mol. The molecule has 18 heavy (non-hydrogen) atoms. The standard InChI is InChI=1S/C14H17ClN2O/c1-2-3-9-17-14(15)12(10-18)13(16-17)11-7-5-4-6-8-11/h4-8,18H,2-3,9-10H2,1H3. The molecule has 1 aromatic heterocycles. The van der Waals surface area contributed by atoms with Crippen LogP contribution in [0.4, 0.5) is 0 Å². The summed E-state index contributed by atoms with van der Waals surface area (Å²) in [6.45, 7) is 2.83. The average Bonchev–Trinajstić information content (AvgIpc) is 2.74. The molecule has 0 spiro atoms. The Kier molecular flexibility index (Phi) is 4.39. The third kappa shape index (κ3) is 2.57. The van der Waals surface area contributed by atoms with Gasteiger partial charge in [-0.15, -0.1) is 0 Å². The van der Waals surface area contributed by atoms with Crippen molar-refractivity contribution in [2.24, 2.45) is 0 Å². The van der Waals surface area contributed by atoms with E-state index < -0.39 is 0 Å². The van der Waals surface area contributed by atoms with Crippen LogP contribution in [0.2, 0.25) is 5.15 Å². The fourth-order valence-electron chi connectivity index (χ4n) is 1.90. The van der Waals surface area contributed by atoms with E-state index in [1.165, 1.54) is 0 Å². The Morgan fingerprint density at radius 3 is 2.61 bits per heavy atom. The van der Waals surface area contributed by atoms with E-state index in [4.69, 9.17) is 11.6 Å². The van der Waals surface area contributed by atoms with Crippen molar-refractivity contribution in [3.63, 3.8) is 0 Å². The van der Waals surface area contributed by atoms with Gasteiger partial charge in [-0.3, -0.25) is 4.68 Å². The van der Waals surface area contributed by atoms with Crippen molar-refractivity contribution in [3.8, 4) is 11.3 Å². The molecule has 96 valence electrons. The topological polar surface area (TPSA) is 38.0 Å². The van der Waals surface area contributed by atoms with Crippen LogP contribution in [0.15, 0.2) is 30.3 Å². The smallest absolute Gasteiger partial charge is 0.133 e. The monoisotopic (exact) mass is 264 g/mol. The van der Waals surface area contributed by atoms with Crippen molar-refractivity contribution in [3.05, 3.63) is 41.0 Å². The summed E-state index contributed by atoms with van der Waals surface area (Å²) in [5, 5.41) is 14.5. The second kappa shape index (κ2) is 6.03. The molecule has 0 saturated heterocycles. The van der Waals surface area contributed by atoms with Crippen molar-refractivity contribution in [2.75, 3.05) is 0 Å². The molecule has 0 fully saturated rings. The van der Waals surface area contributed by atoms with Crippen LogP contribution in [-0.2, 0) is 13.2 Å². The van der Waals surface area contributed by atoms with E-state index in [1.807, 2.05) is 30.3 Å². The Balaban J connectivity index is 2.41. The van der Waals surface area contributed by atoms with Gasteiger partial charge in [-0.25, -0.2) is 0 Å². The molecule has 0 bridgehead atoms. The Bertz CT molecular complexity index is 508. The SMILES string of the molecule is CCCCn1nc(-c2ccccc2)c(CO)c1Cl. The van der Waals surface area contributed by atoms with E-state index in [2.05, 4.69) is 12.0 Å². The minimum atomic E-state index is -0.0881. The van der Waals surface area contributed by atoms with Crippen LogP contribution in [0.25, 0.3) is 11.3 Å². The number of hydrogen-bond acceptors (Lipinski definition) is 2. The van der Waals surface area contributed by atoms with Gasteiger partial charge in [0.25, 0.3) is 0 Å². The molecule has 0 atom stereocenters. The van der Waals surface area contributed by atoms with Gasteiger partial charge in [-0.05, 0) is 6.42 Å². The fraction of sp³-hybridized carbons (Fsp3) is 0.357. The van der Waals surface area contributed by atoms with Gasteiger partial charge >= 0.3 is 0 Å². The summed E-state index contributed by atoms with van der Waals surface area (Å²) in [6.07, 6.45) is 2.12. The van der Waals surface area contributed by atoms with Crippen molar-refractivity contribution in [1.29, 1.82) is 0 Å².